The van der Waals surface area contributed by atoms with Gasteiger partial charge in [-0.2, -0.15) is 0 Å². The summed E-state index contributed by atoms with van der Waals surface area (Å²) >= 11 is 6.22. The van der Waals surface area contributed by atoms with Crippen LogP contribution in [0.15, 0.2) is 84.9 Å². The summed E-state index contributed by atoms with van der Waals surface area (Å²) in [6.45, 7) is 6.64. The molecule has 0 aliphatic carbocycles. The van der Waals surface area contributed by atoms with Crippen LogP contribution in [0.25, 0.3) is 11.1 Å². The number of carbonyl (C=O) groups is 2. The molecule has 1 aliphatic heterocycles. The van der Waals surface area contributed by atoms with Crippen molar-refractivity contribution in [2.45, 2.75) is 26.2 Å². The smallest absolute Gasteiger partial charge is 0.340 e. The number of pyridine rings is 1. The van der Waals surface area contributed by atoms with E-state index in [4.69, 9.17) is 16.3 Å². The first kappa shape index (κ1) is 29.5. The maximum atomic E-state index is 14.0. The Morgan fingerprint density at radius 2 is 1.36 bits per heavy atom. The lowest BCUT2D eigenvalue weighted by atomic mass is 9.89. The van der Waals surface area contributed by atoms with Gasteiger partial charge in [0.25, 0.3) is 5.91 Å². The summed E-state index contributed by atoms with van der Waals surface area (Å²) in [5.41, 5.74) is 5.47. The van der Waals surface area contributed by atoms with Crippen LogP contribution in [0.5, 0.6) is 0 Å². The molecule has 1 fully saturated rings. The monoisotopic (exact) mass is 581 g/mol. The van der Waals surface area contributed by atoms with Gasteiger partial charge in [0.2, 0.25) is 0 Å². The Labute approximate surface area is 252 Å². The van der Waals surface area contributed by atoms with E-state index in [2.05, 4.69) is 34.1 Å². The van der Waals surface area contributed by atoms with Crippen molar-refractivity contribution in [1.29, 1.82) is 0 Å². The molecule has 6 nitrogen and oxygen atoms in total. The fourth-order valence-corrected chi connectivity index (χ4v) is 5.80. The molecule has 5 rings (SSSR count). The fourth-order valence-electron chi connectivity index (χ4n) is 5.67. The van der Waals surface area contributed by atoms with Crippen LogP contribution < -0.4 is 0 Å². The van der Waals surface area contributed by atoms with Crippen LogP contribution >= 0.6 is 11.6 Å². The molecule has 42 heavy (non-hydrogen) atoms. The van der Waals surface area contributed by atoms with Gasteiger partial charge in [0, 0.05) is 42.7 Å². The molecule has 0 unspecified atom stereocenters. The van der Waals surface area contributed by atoms with Crippen molar-refractivity contribution in [3.8, 4) is 11.1 Å². The first-order chi connectivity index (χ1) is 20.3. The van der Waals surface area contributed by atoms with Crippen molar-refractivity contribution in [2.75, 3.05) is 39.8 Å². The van der Waals surface area contributed by atoms with Crippen LogP contribution in [-0.2, 0) is 4.74 Å². The van der Waals surface area contributed by atoms with Gasteiger partial charge in [-0.05, 0) is 56.1 Å². The highest BCUT2D eigenvalue weighted by Crippen LogP contribution is 2.34. The van der Waals surface area contributed by atoms with Gasteiger partial charge >= 0.3 is 5.97 Å². The number of halogens is 1. The van der Waals surface area contributed by atoms with E-state index in [1.807, 2.05) is 67.4 Å². The molecular formula is C35H36ClN3O3. The largest absolute Gasteiger partial charge is 0.462 e. The highest BCUT2D eigenvalue weighted by atomic mass is 35.5. The van der Waals surface area contributed by atoms with Crippen molar-refractivity contribution in [2.24, 2.45) is 0 Å². The molecule has 0 atom stereocenters. The number of aryl methyl sites for hydroxylation is 2. The molecule has 1 amide bonds. The van der Waals surface area contributed by atoms with Crippen LogP contribution in [-0.4, -0.2) is 66.5 Å². The first-order valence-corrected chi connectivity index (χ1v) is 14.7. The molecule has 0 N–H and O–H groups in total. The number of nitrogens with zero attached hydrogens (tertiary/aromatic N) is 3. The third kappa shape index (κ3) is 6.56. The van der Waals surface area contributed by atoms with Gasteiger partial charge in [-0.3, -0.25) is 9.78 Å². The summed E-state index contributed by atoms with van der Waals surface area (Å²) < 4.78 is 5.97. The Morgan fingerprint density at radius 3 is 1.93 bits per heavy atom. The maximum absolute atomic E-state index is 14.0. The summed E-state index contributed by atoms with van der Waals surface area (Å²) in [7, 11) is 2.05. The van der Waals surface area contributed by atoms with Crippen LogP contribution in [0.1, 0.15) is 55.6 Å². The number of benzene rings is 3. The minimum Gasteiger partial charge on any atom is -0.462 e. The zero-order valence-corrected chi connectivity index (χ0v) is 25.1. The van der Waals surface area contributed by atoms with Gasteiger partial charge in [0.05, 0.1) is 29.1 Å². The number of rotatable bonds is 8. The van der Waals surface area contributed by atoms with E-state index in [-0.39, 0.29) is 18.4 Å². The van der Waals surface area contributed by atoms with Gasteiger partial charge in [0.15, 0.2) is 0 Å². The Balaban J connectivity index is 1.48. The number of amides is 1. The Kier molecular flexibility index (Phi) is 9.35. The van der Waals surface area contributed by atoms with Crippen molar-refractivity contribution in [1.82, 2.24) is 14.8 Å². The molecule has 0 saturated carbocycles. The molecule has 7 heteroatoms. The molecule has 3 aromatic carbocycles. The Hall–Kier alpha value is -4.00. The Morgan fingerprint density at radius 1 is 0.810 bits per heavy atom. The van der Waals surface area contributed by atoms with Crippen LogP contribution in [0.3, 0.4) is 0 Å². The quantitative estimate of drug-likeness (QED) is 0.215. The van der Waals surface area contributed by atoms with Crippen molar-refractivity contribution in [3.63, 3.8) is 0 Å². The number of esters is 1. The van der Waals surface area contributed by atoms with Crippen molar-refractivity contribution < 1.29 is 14.3 Å². The van der Waals surface area contributed by atoms with Gasteiger partial charge < -0.3 is 14.5 Å². The second-order valence-electron chi connectivity index (χ2n) is 10.8. The number of hydrogen-bond acceptors (Lipinski definition) is 5. The van der Waals surface area contributed by atoms with Crippen molar-refractivity contribution in [3.05, 3.63) is 124 Å². The molecule has 1 saturated heterocycles. The van der Waals surface area contributed by atoms with E-state index in [1.165, 1.54) is 0 Å². The minimum atomic E-state index is -0.489. The zero-order valence-electron chi connectivity index (χ0n) is 24.3. The number of likely N-dealkylation sites (N-methyl/N-ethyl adjacent to an activating group) is 1. The van der Waals surface area contributed by atoms with Gasteiger partial charge in [-0.15, -0.1) is 0 Å². The molecule has 1 aliphatic rings. The summed E-state index contributed by atoms with van der Waals surface area (Å²) in [5, 5.41) is 0.574. The number of aromatic nitrogens is 1. The molecule has 0 spiro atoms. The average Bonchev–Trinajstić information content (AvgIpc) is 3.00. The number of hydrogen-bond donors (Lipinski definition) is 0. The number of carbonyl (C=O) groups excluding carboxylic acids is 2. The lowest BCUT2D eigenvalue weighted by Gasteiger charge is -2.33. The number of ether oxygens (including phenoxy) is 1. The number of piperazine rings is 1. The van der Waals surface area contributed by atoms with Gasteiger partial charge in [-0.25, -0.2) is 4.79 Å². The van der Waals surface area contributed by atoms with E-state index >= 15 is 0 Å². The van der Waals surface area contributed by atoms with E-state index < -0.39 is 5.97 Å². The standard InChI is InChI=1S/C35H36ClN3O3/c1-24-31(34(40)39-21-19-38(3)20-22-39)33(28-14-16-29(36)17-15-28)32(25(2)37-24)35(41)42-23-18-30(26-10-6-4-7-11-26)27-12-8-5-9-13-27/h4-17,30H,18-23H2,1-3H3. The maximum Gasteiger partial charge on any atom is 0.340 e. The van der Waals surface area contributed by atoms with E-state index in [0.717, 1.165) is 29.8 Å². The van der Waals surface area contributed by atoms with Gasteiger partial charge in [-0.1, -0.05) is 84.4 Å². The molecular weight excluding hydrogens is 546 g/mol. The van der Waals surface area contributed by atoms with Crippen LogP contribution in [0.4, 0.5) is 0 Å². The molecule has 216 valence electrons. The third-order valence-electron chi connectivity index (χ3n) is 7.94. The minimum absolute atomic E-state index is 0.0718. The second-order valence-corrected chi connectivity index (χ2v) is 11.2. The second kappa shape index (κ2) is 13.3. The van der Waals surface area contributed by atoms with E-state index in [9.17, 15) is 9.59 Å². The third-order valence-corrected chi connectivity index (χ3v) is 8.20. The Bertz CT molecular complexity index is 1490. The molecule has 4 aromatic rings. The molecule has 0 radical (unpaired) electrons. The summed E-state index contributed by atoms with van der Waals surface area (Å²) in [4.78, 5) is 36.6. The molecule has 0 bridgehead atoms. The summed E-state index contributed by atoms with van der Waals surface area (Å²) in [6.07, 6.45) is 0.613. The predicted octanol–water partition coefficient (Wildman–Crippen LogP) is 6.79. The lowest BCUT2D eigenvalue weighted by molar-refractivity contribution is 0.0495. The summed E-state index contributed by atoms with van der Waals surface area (Å²) in [5.74, 6) is -0.542. The fraction of sp³-hybridized carbons (Fsp3) is 0.286. The molecule has 2 heterocycles. The van der Waals surface area contributed by atoms with Gasteiger partial charge in [0.1, 0.15) is 0 Å². The SMILES string of the molecule is Cc1nc(C)c(C(=O)N2CCN(C)CC2)c(-c2ccc(Cl)cc2)c1C(=O)OCCC(c1ccccc1)c1ccccc1. The summed E-state index contributed by atoms with van der Waals surface area (Å²) in [6, 6.07) is 27.7. The highest BCUT2D eigenvalue weighted by molar-refractivity contribution is 6.30. The average molecular weight is 582 g/mol. The van der Waals surface area contributed by atoms with E-state index in [1.54, 1.807) is 19.1 Å². The highest BCUT2D eigenvalue weighted by Gasteiger charge is 2.30. The zero-order chi connectivity index (χ0) is 29.6. The van der Waals surface area contributed by atoms with Crippen molar-refractivity contribution >= 4 is 23.5 Å². The lowest BCUT2D eigenvalue weighted by Crippen LogP contribution is -2.47. The van der Waals surface area contributed by atoms with E-state index in [0.29, 0.717) is 52.6 Å². The normalized spacial score (nSPS) is 13.8. The predicted molar refractivity (Wildman–Crippen MR) is 167 cm³/mol. The first-order valence-electron chi connectivity index (χ1n) is 14.4. The molecule has 1 aromatic heterocycles. The topological polar surface area (TPSA) is 62.7 Å². The van der Waals surface area contributed by atoms with Crippen LogP contribution in [0.2, 0.25) is 5.02 Å². The van der Waals surface area contributed by atoms with Crippen LogP contribution in [0, 0.1) is 13.8 Å².